The highest BCUT2D eigenvalue weighted by molar-refractivity contribution is 7.88. The molecule has 2 N–H and O–H groups in total. The topological polar surface area (TPSA) is 129 Å². The number of benzene rings is 1. The van der Waals surface area contributed by atoms with E-state index in [0.717, 1.165) is 47.5 Å². The molecule has 11 nitrogen and oxygen atoms in total. The van der Waals surface area contributed by atoms with Crippen molar-refractivity contribution in [3.05, 3.63) is 42.1 Å². The Bertz CT molecular complexity index is 1850. The van der Waals surface area contributed by atoms with Gasteiger partial charge in [-0.05, 0) is 67.9 Å². The summed E-state index contributed by atoms with van der Waals surface area (Å²) in [6.07, 6.45) is 7.44. The van der Waals surface area contributed by atoms with E-state index in [0.29, 0.717) is 48.3 Å². The number of hydrogen-bond acceptors (Lipinski definition) is 7. The number of imidazole rings is 1. The highest BCUT2D eigenvalue weighted by Crippen LogP contribution is 2.42. The van der Waals surface area contributed by atoms with Crippen LogP contribution in [0, 0.1) is 11.8 Å². The zero-order valence-electron chi connectivity index (χ0n) is 23.8. The number of hydrogen-bond donors (Lipinski definition) is 1. The van der Waals surface area contributed by atoms with Crippen LogP contribution < -0.4 is 10.5 Å². The quantitative estimate of drug-likeness (QED) is 0.351. The average Bonchev–Trinajstić information content (AvgIpc) is 3.29. The van der Waals surface area contributed by atoms with Crippen LogP contribution in [-0.2, 0) is 16.6 Å². The minimum absolute atomic E-state index is 0.0313. The first-order chi connectivity index (χ1) is 20.2. The molecule has 220 valence electrons. The maximum absolute atomic E-state index is 13.8. The molecule has 42 heavy (non-hydrogen) atoms. The number of aromatic nitrogens is 4. The first-order valence-corrected chi connectivity index (χ1v) is 16.6. The van der Waals surface area contributed by atoms with Crippen molar-refractivity contribution in [1.82, 2.24) is 28.3 Å². The van der Waals surface area contributed by atoms with E-state index in [-0.39, 0.29) is 24.0 Å². The standard InChI is InChI=1S/C30H35N7O4S/c1-41-25-12-20(30(38)36-14-19-7-8-23(36)26(19)31)10-22-27(25)37(21-15-34(16-21)42(2,39)40)29(33-22)24-11-18-4-3-9-32-28(18)35(24)13-17-5-6-17/h3-4,9-12,17,19,21,23,26H,5-8,13-16,31H2,1-2H3/t19-,23-,26-/m1/s1. The lowest BCUT2D eigenvalue weighted by atomic mass is 10.1. The highest BCUT2D eigenvalue weighted by atomic mass is 32.2. The fraction of sp³-hybridized carbons (Fsp3) is 0.500. The van der Waals surface area contributed by atoms with Crippen LogP contribution in [0.1, 0.15) is 42.1 Å². The molecule has 8 rings (SSSR count). The molecular weight excluding hydrogens is 554 g/mol. The fourth-order valence-corrected chi connectivity index (χ4v) is 8.21. The van der Waals surface area contributed by atoms with Gasteiger partial charge in [-0.15, -0.1) is 0 Å². The summed E-state index contributed by atoms with van der Waals surface area (Å²) < 4.78 is 36.4. The summed E-state index contributed by atoms with van der Waals surface area (Å²) >= 11 is 0. The van der Waals surface area contributed by atoms with Gasteiger partial charge in [0.15, 0.2) is 5.82 Å². The normalized spacial score (nSPS) is 24.6. The van der Waals surface area contributed by atoms with Gasteiger partial charge in [-0.3, -0.25) is 4.79 Å². The van der Waals surface area contributed by atoms with Crippen LogP contribution in [0.3, 0.4) is 0 Å². The lowest BCUT2D eigenvalue weighted by Crippen LogP contribution is -2.50. The maximum atomic E-state index is 13.8. The second-order valence-electron chi connectivity index (χ2n) is 12.5. The Morgan fingerprint density at radius 2 is 1.93 bits per heavy atom. The minimum atomic E-state index is -3.32. The molecule has 12 heteroatoms. The summed E-state index contributed by atoms with van der Waals surface area (Å²) in [4.78, 5) is 25.6. The van der Waals surface area contributed by atoms with Crippen molar-refractivity contribution in [2.75, 3.05) is 33.0 Å². The Morgan fingerprint density at radius 3 is 2.60 bits per heavy atom. The zero-order chi connectivity index (χ0) is 28.9. The number of fused-ring (bicyclic) bond motifs is 4. The van der Waals surface area contributed by atoms with Crippen LogP contribution in [0.5, 0.6) is 5.75 Å². The van der Waals surface area contributed by atoms with Gasteiger partial charge in [0, 0.05) is 55.4 Å². The van der Waals surface area contributed by atoms with Gasteiger partial charge >= 0.3 is 0 Å². The van der Waals surface area contributed by atoms with Gasteiger partial charge in [-0.25, -0.2) is 18.4 Å². The molecule has 0 spiro atoms. The van der Waals surface area contributed by atoms with Gasteiger partial charge in [0.05, 0.1) is 30.6 Å². The molecule has 1 aromatic carbocycles. The fourth-order valence-electron chi connectivity index (χ4n) is 7.32. The second kappa shape index (κ2) is 9.26. The molecule has 4 aromatic rings. The van der Waals surface area contributed by atoms with Crippen LogP contribution >= 0.6 is 0 Å². The molecule has 4 fully saturated rings. The molecule has 5 heterocycles. The van der Waals surface area contributed by atoms with Crippen LogP contribution in [0.2, 0.25) is 0 Å². The lowest BCUT2D eigenvalue weighted by Gasteiger charge is -2.39. The molecule has 3 aromatic heterocycles. The number of ether oxygens (including phenoxy) is 1. The van der Waals surface area contributed by atoms with Crippen molar-refractivity contribution in [3.63, 3.8) is 0 Å². The van der Waals surface area contributed by atoms with Gasteiger partial charge in [-0.1, -0.05) is 0 Å². The molecule has 2 aliphatic carbocycles. The number of nitrogens with zero attached hydrogens (tertiary/aromatic N) is 6. The van der Waals surface area contributed by atoms with Crippen molar-refractivity contribution in [3.8, 4) is 17.3 Å². The molecule has 1 amide bonds. The molecule has 2 saturated carbocycles. The second-order valence-corrected chi connectivity index (χ2v) is 14.5. The smallest absolute Gasteiger partial charge is 0.254 e. The molecule has 0 unspecified atom stereocenters. The first kappa shape index (κ1) is 26.2. The van der Waals surface area contributed by atoms with Gasteiger partial charge in [-0.2, -0.15) is 4.31 Å². The summed E-state index contributed by atoms with van der Waals surface area (Å²) in [7, 11) is -1.71. The average molecular weight is 590 g/mol. The Kier molecular flexibility index (Phi) is 5.77. The number of sulfonamides is 1. The van der Waals surface area contributed by atoms with Gasteiger partial charge in [0.2, 0.25) is 10.0 Å². The number of nitrogens with two attached hydrogens (primary N) is 1. The van der Waals surface area contributed by atoms with Gasteiger partial charge in [0.1, 0.15) is 16.9 Å². The van der Waals surface area contributed by atoms with Crippen LogP contribution in [0.15, 0.2) is 36.5 Å². The molecule has 3 atom stereocenters. The van der Waals surface area contributed by atoms with E-state index in [9.17, 15) is 13.2 Å². The first-order valence-electron chi connectivity index (χ1n) is 14.8. The van der Waals surface area contributed by atoms with Crippen molar-refractivity contribution < 1.29 is 17.9 Å². The Hall–Kier alpha value is -3.48. The number of methoxy groups -OCH3 is 1. The Labute approximate surface area is 244 Å². The monoisotopic (exact) mass is 589 g/mol. The van der Waals surface area contributed by atoms with E-state index >= 15 is 0 Å². The molecule has 0 radical (unpaired) electrons. The number of pyridine rings is 1. The van der Waals surface area contributed by atoms with Crippen molar-refractivity contribution in [2.24, 2.45) is 17.6 Å². The summed E-state index contributed by atoms with van der Waals surface area (Å²) in [5.41, 5.74) is 10.2. The maximum Gasteiger partial charge on any atom is 0.254 e. The number of carbonyl (C=O) groups is 1. The number of rotatable bonds is 7. The predicted octanol–water partition coefficient (Wildman–Crippen LogP) is 2.85. The summed E-state index contributed by atoms with van der Waals surface area (Å²) in [6.45, 7) is 2.22. The minimum Gasteiger partial charge on any atom is -0.494 e. The molecule has 2 saturated heterocycles. The molecule has 4 aliphatic rings. The largest absolute Gasteiger partial charge is 0.494 e. The zero-order valence-corrected chi connectivity index (χ0v) is 24.6. The highest BCUT2D eigenvalue weighted by Gasteiger charge is 2.47. The van der Waals surface area contributed by atoms with Crippen molar-refractivity contribution in [2.45, 2.75) is 50.4 Å². The molecular formula is C30H35N7O4S. The van der Waals surface area contributed by atoms with E-state index < -0.39 is 10.0 Å². The number of amides is 1. The van der Waals surface area contributed by atoms with Crippen LogP contribution in [0.4, 0.5) is 0 Å². The number of likely N-dealkylation sites (tertiary alicyclic amines) is 1. The van der Waals surface area contributed by atoms with E-state index in [1.54, 1.807) is 13.2 Å². The van der Waals surface area contributed by atoms with Crippen molar-refractivity contribution in [1.29, 1.82) is 0 Å². The third-order valence-electron chi connectivity index (χ3n) is 9.82. The van der Waals surface area contributed by atoms with Gasteiger partial charge in [0.25, 0.3) is 5.91 Å². The number of carbonyl (C=O) groups excluding carboxylic acids is 1. The summed E-state index contributed by atoms with van der Waals surface area (Å²) in [5, 5.41) is 1.03. The van der Waals surface area contributed by atoms with E-state index in [2.05, 4.69) is 21.3 Å². The third kappa shape index (κ3) is 3.99. The number of piperidine rings is 1. The Balaban J connectivity index is 1.30. The summed E-state index contributed by atoms with van der Waals surface area (Å²) in [6, 6.07) is 9.74. The molecule has 2 bridgehead atoms. The third-order valence-corrected chi connectivity index (χ3v) is 11.1. The molecule has 2 aliphatic heterocycles. The van der Waals surface area contributed by atoms with E-state index in [1.807, 2.05) is 23.2 Å². The van der Waals surface area contributed by atoms with Crippen LogP contribution in [0.25, 0.3) is 33.6 Å². The van der Waals surface area contributed by atoms with E-state index in [4.69, 9.17) is 20.4 Å². The Morgan fingerprint density at radius 1 is 1.12 bits per heavy atom. The summed E-state index contributed by atoms with van der Waals surface area (Å²) in [5.74, 6) is 2.18. The van der Waals surface area contributed by atoms with Crippen LogP contribution in [-0.4, -0.2) is 87.7 Å². The van der Waals surface area contributed by atoms with E-state index in [1.165, 1.54) is 23.4 Å². The van der Waals surface area contributed by atoms with Crippen molar-refractivity contribution >= 4 is 38.0 Å². The SMILES string of the molecule is COc1cc(C(=O)N2C[C@H]3CC[C@@H]2[C@@H]3N)cc2nc(-c3cc4cccnc4n3CC3CC3)n(C3CN(S(C)(=O)=O)C3)c12. The van der Waals surface area contributed by atoms with Gasteiger partial charge < -0.3 is 24.5 Å². The predicted molar refractivity (Wildman–Crippen MR) is 159 cm³/mol. The lowest BCUT2D eigenvalue weighted by molar-refractivity contribution is 0.0700.